The van der Waals surface area contributed by atoms with Crippen molar-refractivity contribution in [3.63, 3.8) is 0 Å². The number of hydrogen-bond acceptors (Lipinski definition) is 4. The van der Waals surface area contributed by atoms with E-state index in [2.05, 4.69) is 21.8 Å². The van der Waals surface area contributed by atoms with Crippen LogP contribution in [-0.4, -0.2) is 23.6 Å². The molecule has 2 N–H and O–H groups in total. The van der Waals surface area contributed by atoms with Crippen LogP contribution in [0.4, 0.5) is 5.82 Å². The molecular weight excluding hydrogens is 164 g/mol. The normalized spacial score (nSPS) is 10.2. The predicted molar refractivity (Wildman–Crippen MR) is 53.6 cm³/mol. The standard InChI is InChI=1S/C9H16N4/c1-4-13(3)9-5-8(6-10)11-7(2)12-9/h5H,4,6,10H2,1-3H3. The van der Waals surface area contributed by atoms with Gasteiger partial charge in [-0.1, -0.05) is 0 Å². The molecule has 1 rings (SSSR count). The molecule has 0 unspecified atom stereocenters. The maximum atomic E-state index is 5.52. The van der Waals surface area contributed by atoms with Crippen LogP contribution < -0.4 is 10.6 Å². The first-order valence-electron chi connectivity index (χ1n) is 4.43. The summed E-state index contributed by atoms with van der Waals surface area (Å²) in [5.74, 6) is 1.72. The third-order valence-electron chi connectivity index (χ3n) is 1.95. The molecule has 1 heterocycles. The number of aryl methyl sites for hydroxylation is 1. The molecule has 0 spiro atoms. The molecule has 0 aliphatic heterocycles. The third-order valence-corrected chi connectivity index (χ3v) is 1.95. The minimum atomic E-state index is 0.466. The molecule has 13 heavy (non-hydrogen) atoms. The second kappa shape index (κ2) is 4.18. The van der Waals surface area contributed by atoms with Crippen LogP contribution >= 0.6 is 0 Å². The fraction of sp³-hybridized carbons (Fsp3) is 0.556. The van der Waals surface area contributed by atoms with Crippen molar-refractivity contribution >= 4 is 5.82 Å². The van der Waals surface area contributed by atoms with Gasteiger partial charge in [0, 0.05) is 26.2 Å². The Hall–Kier alpha value is -1.16. The molecule has 4 nitrogen and oxygen atoms in total. The average molecular weight is 180 g/mol. The summed E-state index contributed by atoms with van der Waals surface area (Å²) in [5.41, 5.74) is 6.41. The van der Waals surface area contributed by atoms with E-state index in [4.69, 9.17) is 5.73 Å². The van der Waals surface area contributed by atoms with Gasteiger partial charge in [-0.2, -0.15) is 0 Å². The summed E-state index contributed by atoms with van der Waals surface area (Å²) in [6.07, 6.45) is 0. The number of rotatable bonds is 3. The highest BCUT2D eigenvalue weighted by atomic mass is 15.2. The molecular formula is C9H16N4. The maximum Gasteiger partial charge on any atom is 0.132 e. The van der Waals surface area contributed by atoms with Crippen molar-refractivity contribution in [1.29, 1.82) is 0 Å². The lowest BCUT2D eigenvalue weighted by atomic mass is 10.3. The Morgan fingerprint density at radius 2 is 2.15 bits per heavy atom. The monoisotopic (exact) mass is 180 g/mol. The van der Waals surface area contributed by atoms with E-state index >= 15 is 0 Å². The third kappa shape index (κ3) is 2.39. The number of hydrogen-bond donors (Lipinski definition) is 1. The lowest BCUT2D eigenvalue weighted by Crippen LogP contribution is -2.18. The Labute approximate surface area is 78.8 Å². The van der Waals surface area contributed by atoms with Gasteiger partial charge in [-0.3, -0.25) is 0 Å². The van der Waals surface area contributed by atoms with Gasteiger partial charge in [-0.15, -0.1) is 0 Å². The first kappa shape index (κ1) is 9.92. The summed E-state index contributed by atoms with van der Waals surface area (Å²) >= 11 is 0. The lowest BCUT2D eigenvalue weighted by Gasteiger charge is -2.16. The van der Waals surface area contributed by atoms with E-state index in [-0.39, 0.29) is 0 Å². The molecule has 0 aliphatic carbocycles. The largest absolute Gasteiger partial charge is 0.360 e. The minimum Gasteiger partial charge on any atom is -0.360 e. The van der Waals surface area contributed by atoms with Gasteiger partial charge >= 0.3 is 0 Å². The minimum absolute atomic E-state index is 0.466. The molecule has 0 radical (unpaired) electrons. The Balaban J connectivity index is 3.01. The van der Waals surface area contributed by atoms with E-state index in [9.17, 15) is 0 Å². The SMILES string of the molecule is CCN(C)c1cc(CN)nc(C)n1. The van der Waals surface area contributed by atoms with Crippen LogP contribution in [0.3, 0.4) is 0 Å². The highest BCUT2D eigenvalue weighted by Gasteiger charge is 2.03. The molecule has 72 valence electrons. The van der Waals surface area contributed by atoms with Gasteiger partial charge in [0.15, 0.2) is 0 Å². The Morgan fingerprint density at radius 3 is 2.69 bits per heavy atom. The van der Waals surface area contributed by atoms with Crippen molar-refractivity contribution in [2.24, 2.45) is 5.73 Å². The molecule has 0 aromatic carbocycles. The van der Waals surface area contributed by atoms with Gasteiger partial charge in [0.1, 0.15) is 11.6 Å². The van der Waals surface area contributed by atoms with Gasteiger partial charge in [-0.05, 0) is 13.8 Å². The second-order valence-corrected chi connectivity index (χ2v) is 2.98. The van der Waals surface area contributed by atoms with Gasteiger partial charge < -0.3 is 10.6 Å². The summed E-state index contributed by atoms with van der Waals surface area (Å²) in [4.78, 5) is 10.6. The summed E-state index contributed by atoms with van der Waals surface area (Å²) in [6.45, 7) is 5.36. The molecule has 1 aromatic rings. The number of aromatic nitrogens is 2. The molecule has 0 amide bonds. The van der Waals surface area contributed by atoms with Gasteiger partial charge in [-0.25, -0.2) is 9.97 Å². The van der Waals surface area contributed by atoms with E-state index < -0.39 is 0 Å². The van der Waals surface area contributed by atoms with Crippen LogP contribution in [-0.2, 0) is 6.54 Å². The van der Waals surface area contributed by atoms with Gasteiger partial charge in [0.05, 0.1) is 5.69 Å². The zero-order valence-electron chi connectivity index (χ0n) is 8.41. The Kier molecular flexibility index (Phi) is 3.19. The van der Waals surface area contributed by atoms with Crippen LogP contribution in [0.5, 0.6) is 0 Å². The fourth-order valence-electron chi connectivity index (χ4n) is 1.07. The van der Waals surface area contributed by atoms with Crippen molar-refractivity contribution in [2.75, 3.05) is 18.5 Å². The Morgan fingerprint density at radius 1 is 1.46 bits per heavy atom. The van der Waals surface area contributed by atoms with E-state index in [0.717, 1.165) is 23.9 Å². The predicted octanol–water partition coefficient (Wildman–Crippen LogP) is 0.700. The van der Waals surface area contributed by atoms with Crippen LogP contribution in [0.15, 0.2) is 6.07 Å². The second-order valence-electron chi connectivity index (χ2n) is 2.98. The first-order valence-corrected chi connectivity index (χ1v) is 4.43. The van der Waals surface area contributed by atoms with Crippen molar-refractivity contribution in [3.05, 3.63) is 17.6 Å². The van der Waals surface area contributed by atoms with E-state index in [1.807, 2.05) is 20.0 Å². The smallest absolute Gasteiger partial charge is 0.132 e. The molecule has 0 fully saturated rings. The molecule has 1 aromatic heterocycles. The van der Waals surface area contributed by atoms with Gasteiger partial charge in [0.2, 0.25) is 0 Å². The van der Waals surface area contributed by atoms with E-state index in [1.54, 1.807) is 0 Å². The number of nitrogens with zero attached hydrogens (tertiary/aromatic N) is 3. The van der Waals surface area contributed by atoms with Crippen LogP contribution in [0.2, 0.25) is 0 Å². The van der Waals surface area contributed by atoms with E-state index in [0.29, 0.717) is 6.54 Å². The molecule has 0 saturated heterocycles. The molecule has 0 aliphatic rings. The summed E-state index contributed by atoms with van der Waals surface area (Å²) < 4.78 is 0. The van der Waals surface area contributed by atoms with Crippen molar-refractivity contribution in [2.45, 2.75) is 20.4 Å². The molecule has 4 heteroatoms. The van der Waals surface area contributed by atoms with Crippen molar-refractivity contribution in [3.8, 4) is 0 Å². The first-order chi connectivity index (χ1) is 6.17. The quantitative estimate of drug-likeness (QED) is 0.744. The molecule has 0 bridgehead atoms. The highest BCUT2D eigenvalue weighted by Crippen LogP contribution is 2.09. The number of nitrogens with two attached hydrogens (primary N) is 1. The van der Waals surface area contributed by atoms with Crippen molar-refractivity contribution in [1.82, 2.24) is 9.97 Å². The summed E-state index contributed by atoms with van der Waals surface area (Å²) in [6, 6.07) is 1.93. The summed E-state index contributed by atoms with van der Waals surface area (Å²) in [7, 11) is 2.00. The average Bonchev–Trinajstić information content (AvgIpc) is 2.15. The molecule has 0 saturated carbocycles. The van der Waals surface area contributed by atoms with Crippen molar-refractivity contribution < 1.29 is 0 Å². The maximum absolute atomic E-state index is 5.52. The topological polar surface area (TPSA) is 55.0 Å². The zero-order chi connectivity index (χ0) is 9.84. The van der Waals surface area contributed by atoms with Gasteiger partial charge in [0.25, 0.3) is 0 Å². The van der Waals surface area contributed by atoms with Crippen LogP contribution in [0.1, 0.15) is 18.4 Å². The molecule has 0 atom stereocenters. The summed E-state index contributed by atoms with van der Waals surface area (Å²) in [5, 5.41) is 0. The van der Waals surface area contributed by atoms with E-state index in [1.165, 1.54) is 0 Å². The highest BCUT2D eigenvalue weighted by molar-refractivity contribution is 5.38. The number of anilines is 1. The van der Waals surface area contributed by atoms with Crippen LogP contribution in [0.25, 0.3) is 0 Å². The Bertz CT molecular complexity index is 285. The fourth-order valence-corrected chi connectivity index (χ4v) is 1.07. The van der Waals surface area contributed by atoms with Crippen LogP contribution in [0, 0.1) is 6.92 Å². The lowest BCUT2D eigenvalue weighted by molar-refractivity contribution is 0.876. The zero-order valence-corrected chi connectivity index (χ0v) is 8.41.